The van der Waals surface area contributed by atoms with E-state index in [1.807, 2.05) is 70.5 Å². The van der Waals surface area contributed by atoms with Crippen LogP contribution in [0.2, 0.25) is 0 Å². The minimum absolute atomic E-state index is 0.112. The first-order valence-corrected chi connectivity index (χ1v) is 11.3. The number of amides is 1. The molecule has 0 bridgehead atoms. The smallest absolute Gasteiger partial charge is 0.235 e. The van der Waals surface area contributed by atoms with Crippen LogP contribution < -0.4 is 4.90 Å². The molecule has 0 saturated carbocycles. The summed E-state index contributed by atoms with van der Waals surface area (Å²) in [7, 11) is 0. The van der Waals surface area contributed by atoms with Crippen molar-refractivity contribution in [2.45, 2.75) is 6.42 Å². The topological polar surface area (TPSA) is 73.4 Å². The van der Waals surface area contributed by atoms with Crippen molar-refractivity contribution in [2.75, 3.05) is 31.1 Å². The Kier molecular flexibility index (Phi) is 6.09. The van der Waals surface area contributed by atoms with E-state index in [1.165, 1.54) is 0 Å². The zero-order valence-corrected chi connectivity index (χ0v) is 18.7. The third-order valence-corrected chi connectivity index (χ3v) is 6.09. The fraction of sp³-hybridized carbons (Fsp3) is 0.179. The van der Waals surface area contributed by atoms with Gasteiger partial charge in [0.1, 0.15) is 6.07 Å². The van der Waals surface area contributed by atoms with Crippen molar-refractivity contribution in [3.63, 3.8) is 0 Å². The number of rotatable bonds is 5. The second kappa shape index (κ2) is 9.63. The number of nitriles is 1. The first-order valence-electron chi connectivity index (χ1n) is 11.3. The maximum Gasteiger partial charge on any atom is 0.235 e. The Morgan fingerprint density at radius 2 is 1.68 bits per heavy atom. The molecule has 0 spiro atoms. The number of hydrogen-bond acceptors (Lipinski definition) is 5. The van der Waals surface area contributed by atoms with Crippen LogP contribution in [0.15, 0.2) is 77.2 Å². The number of oxazole rings is 1. The highest BCUT2D eigenvalue weighted by Crippen LogP contribution is 2.25. The first-order chi connectivity index (χ1) is 16.7. The van der Waals surface area contributed by atoms with Crippen LogP contribution in [0.4, 0.5) is 5.88 Å². The fourth-order valence-electron chi connectivity index (χ4n) is 4.30. The van der Waals surface area contributed by atoms with Crippen LogP contribution in [-0.2, 0) is 11.2 Å². The summed E-state index contributed by atoms with van der Waals surface area (Å²) < 4.78 is 5.91. The van der Waals surface area contributed by atoms with Gasteiger partial charge in [-0.05, 0) is 28.0 Å². The van der Waals surface area contributed by atoms with Crippen molar-refractivity contribution in [2.24, 2.45) is 0 Å². The van der Waals surface area contributed by atoms with Gasteiger partial charge in [-0.25, -0.2) is 0 Å². The van der Waals surface area contributed by atoms with Crippen molar-refractivity contribution in [1.29, 1.82) is 5.26 Å². The van der Waals surface area contributed by atoms with Crippen molar-refractivity contribution in [3.05, 3.63) is 95.5 Å². The maximum atomic E-state index is 13.0. The maximum absolute atomic E-state index is 13.0. The van der Waals surface area contributed by atoms with Gasteiger partial charge >= 0.3 is 0 Å². The van der Waals surface area contributed by atoms with Crippen molar-refractivity contribution < 1.29 is 9.21 Å². The molecule has 2 heterocycles. The third kappa shape index (κ3) is 4.55. The van der Waals surface area contributed by atoms with Crippen LogP contribution in [0.3, 0.4) is 0 Å². The number of piperazine rings is 1. The summed E-state index contributed by atoms with van der Waals surface area (Å²) in [5, 5.41) is 11.8. The highest BCUT2D eigenvalue weighted by atomic mass is 16.4. The SMILES string of the molecule is N#Cc1nc(/C=C/c2ccccc2)oc1N1CCN(C(=O)Cc2cccc3ccccc23)CC1. The lowest BCUT2D eigenvalue weighted by molar-refractivity contribution is -0.130. The Bertz CT molecular complexity index is 1370. The van der Waals surface area contributed by atoms with Crippen LogP contribution in [0.5, 0.6) is 0 Å². The molecule has 1 amide bonds. The molecular formula is C28H24N4O2. The Labute approximate surface area is 198 Å². The van der Waals surface area contributed by atoms with Crippen molar-refractivity contribution in [3.8, 4) is 6.07 Å². The van der Waals surface area contributed by atoms with Gasteiger partial charge in [-0.1, -0.05) is 72.8 Å². The predicted octanol–water partition coefficient (Wildman–Crippen LogP) is 4.76. The minimum atomic E-state index is 0.112. The van der Waals surface area contributed by atoms with E-state index in [0.29, 0.717) is 44.4 Å². The summed E-state index contributed by atoms with van der Waals surface area (Å²) in [5.41, 5.74) is 2.34. The molecule has 6 heteroatoms. The summed E-state index contributed by atoms with van der Waals surface area (Å²) in [6, 6.07) is 26.2. The van der Waals surface area contributed by atoms with Crippen molar-refractivity contribution in [1.82, 2.24) is 9.88 Å². The van der Waals surface area contributed by atoms with Gasteiger partial charge < -0.3 is 14.2 Å². The largest absolute Gasteiger partial charge is 0.420 e. The van der Waals surface area contributed by atoms with E-state index in [1.54, 1.807) is 6.08 Å². The van der Waals surface area contributed by atoms with E-state index in [0.717, 1.165) is 21.9 Å². The normalized spacial score (nSPS) is 14.0. The average Bonchev–Trinajstić information content (AvgIpc) is 3.32. The number of benzene rings is 3. The van der Waals surface area contributed by atoms with Gasteiger partial charge in [0.25, 0.3) is 0 Å². The van der Waals surface area contributed by atoms with Crippen LogP contribution in [0.25, 0.3) is 22.9 Å². The Morgan fingerprint density at radius 3 is 2.47 bits per heavy atom. The van der Waals surface area contributed by atoms with E-state index < -0.39 is 0 Å². The zero-order chi connectivity index (χ0) is 23.3. The number of fused-ring (bicyclic) bond motifs is 1. The molecule has 0 N–H and O–H groups in total. The highest BCUT2D eigenvalue weighted by Gasteiger charge is 2.26. The Morgan fingerprint density at radius 1 is 0.941 bits per heavy atom. The first kappa shape index (κ1) is 21.5. The average molecular weight is 449 g/mol. The van der Waals surface area contributed by atoms with Gasteiger partial charge in [-0.2, -0.15) is 10.2 Å². The number of aromatic nitrogens is 1. The molecule has 4 aromatic rings. The van der Waals surface area contributed by atoms with Gasteiger partial charge in [0.15, 0.2) is 0 Å². The molecule has 0 radical (unpaired) electrons. The predicted molar refractivity (Wildman–Crippen MR) is 133 cm³/mol. The molecule has 1 aliphatic rings. The minimum Gasteiger partial charge on any atom is -0.420 e. The molecule has 1 aliphatic heterocycles. The number of carbonyl (C=O) groups excluding carboxylic acids is 1. The molecule has 0 unspecified atom stereocenters. The van der Waals surface area contributed by atoms with E-state index in [-0.39, 0.29) is 11.6 Å². The summed E-state index contributed by atoms with van der Waals surface area (Å²) in [6.07, 6.45) is 4.05. The van der Waals surface area contributed by atoms with Crippen LogP contribution >= 0.6 is 0 Å². The summed E-state index contributed by atoms with van der Waals surface area (Å²) >= 11 is 0. The summed E-state index contributed by atoms with van der Waals surface area (Å²) in [4.78, 5) is 21.2. The van der Waals surface area contributed by atoms with Gasteiger partial charge in [0, 0.05) is 32.3 Å². The van der Waals surface area contributed by atoms with E-state index >= 15 is 0 Å². The molecular weight excluding hydrogens is 424 g/mol. The molecule has 3 aromatic carbocycles. The highest BCUT2D eigenvalue weighted by molar-refractivity contribution is 5.90. The summed E-state index contributed by atoms with van der Waals surface area (Å²) in [5.74, 6) is 0.974. The molecule has 168 valence electrons. The fourth-order valence-corrected chi connectivity index (χ4v) is 4.30. The number of nitrogens with zero attached hydrogens (tertiary/aromatic N) is 4. The molecule has 0 aliphatic carbocycles. The van der Waals surface area contributed by atoms with Gasteiger partial charge in [-0.15, -0.1) is 0 Å². The molecule has 1 saturated heterocycles. The van der Waals surface area contributed by atoms with Gasteiger partial charge in [-0.3, -0.25) is 4.79 Å². The molecule has 6 nitrogen and oxygen atoms in total. The van der Waals surface area contributed by atoms with Gasteiger partial charge in [0.2, 0.25) is 23.4 Å². The second-order valence-corrected chi connectivity index (χ2v) is 8.24. The van der Waals surface area contributed by atoms with Gasteiger partial charge in [0.05, 0.1) is 6.42 Å². The lowest BCUT2D eigenvalue weighted by Gasteiger charge is -2.34. The quantitative estimate of drug-likeness (QED) is 0.440. The number of anilines is 1. The van der Waals surface area contributed by atoms with E-state index in [4.69, 9.17) is 4.42 Å². The molecule has 5 rings (SSSR count). The monoisotopic (exact) mass is 448 g/mol. The summed E-state index contributed by atoms with van der Waals surface area (Å²) in [6.45, 7) is 2.33. The van der Waals surface area contributed by atoms with Crippen LogP contribution in [-0.4, -0.2) is 42.0 Å². The Balaban J connectivity index is 1.24. The number of carbonyl (C=O) groups is 1. The second-order valence-electron chi connectivity index (χ2n) is 8.24. The molecule has 0 atom stereocenters. The Hall–Kier alpha value is -4.37. The third-order valence-electron chi connectivity index (χ3n) is 6.09. The molecule has 1 fully saturated rings. The van der Waals surface area contributed by atoms with E-state index in [9.17, 15) is 10.1 Å². The molecule has 34 heavy (non-hydrogen) atoms. The molecule has 1 aromatic heterocycles. The van der Waals surface area contributed by atoms with Crippen molar-refractivity contribution >= 4 is 34.7 Å². The lowest BCUT2D eigenvalue weighted by atomic mass is 10.0. The zero-order valence-electron chi connectivity index (χ0n) is 18.7. The van der Waals surface area contributed by atoms with Crippen LogP contribution in [0.1, 0.15) is 22.7 Å². The standard InChI is InChI=1S/C28H24N4O2/c29-20-25-28(34-26(30-25)14-13-21-7-2-1-3-8-21)32-17-15-31(16-18-32)27(33)19-23-11-6-10-22-9-4-5-12-24(22)23/h1-14H,15-19H2/b14-13+. The van der Waals surface area contributed by atoms with E-state index in [2.05, 4.69) is 29.3 Å². The lowest BCUT2D eigenvalue weighted by Crippen LogP contribution is -2.49. The number of hydrogen-bond donors (Lipinski definition) is 0. The van der Waals surface area contributed by atoms with Crippen LogP contribution in [0, 0.1) is 11.3 Å².